The molecule has 3 nitrogen and oxygen atoms in total. The number of nitrogens with two attached hydrogens (primary N) is 1. The Labute approximate surface area is 129 Å². The second kappa shape index (κ2) is 6.45. The quantitative estimate of drug-likeness (QED) is 0.863. The van der Waals surface area contributed by atoms with Gasteiger partial charge in [0.2, 0.25) is 0 Å². The summed E-state index contributed by atoms with van der Waals surface area (Å²) in [5.74, 6) is 0. The first kappa shape index (κ1) is 16.4. The molecule has 0 aromatic carbocycles. The molecule has 1 heterocycles. The fourth-order valence-corrected chi connectivity index (χ4v) is 3.56. The summed E-state index contributed by atoms with van der Waals surface area (Å²) in [6, 6.07) is 6.27. The summed E-state index contributed by atoms with van der Waals surface area (Å²) < 4.78 is 0. The van der Waals surface area contributed by atoms with Crippen LogP contribution in [0, 0.1) is 12.3 Å². The van der Waals surface area contributed by atoms with Crippen molar-refractivity contribution in [2.75, 3.05) is 13.6 Å². The molecule has 118 valence electrons. The van der Waals surface area contributed by atoms with Gasteiger partial charge in [-0.25, -0.2) is 0 Å². The van der Waals surface area contributed by atoms with Crippen molar-refractivity contribution in [2.45, 2.75) is 65.0 Å². The fourth-order valence-electron chi connectivity index (χ4n) is 3.56. The summed E-state index contributed by atoms with van der Waals surface area (Å²) in [4.78, 5) is 7.10. The van der Waals surface area contributed by atoms with E-state index in [-0.39, 0.29) is 5.54 Å². The molecule has 1 aromatic rings. The van der Waals surface area contributed by atoms with E-state index in [4.69, 9.17) is 5.73 Å². The van der Waals surface area contributed by atoms with Crippen LogP contribution >= 0.6 is 0 Å². The molecule has 1 atom stereocenters. The highest BCUT2D eigenvalue weighted by Gasteiger charge is 2.37. The second-order valence-corrected chi connectivity index (χ2v) is 7.57. The third kappa shape index (κ3) is 4.04. The minimum atomic E-state index is 0.138. The van der Waals surface area contributed by atoms with E-state index in [0.29, 0.717) is 5.41 Å². The average molecular weight is 289 g/mol. The van der Waals surface area contributed by atoms with Crippen LogP contribution in [0.4, 0.5) is 0 Å². The maximum atomic E-state index is 6.22. The Morgan fingerprint density at radius 2 is 1.95 bits per heavy atom. The summed E-state index contributed by atoms with van der Waals surface area (Å²) in [5, 5.41) is 0. The number of aryl methyl sites for hydroxylation is 1. The first-order chi connectivity index (χ1) is 9.87. The summed E-state index contributed by atoms with van der Waals surface area (Å²) in [7, 11) is 2.22. The number of pyridine rings is 1. The largest absolute Gasteiger partial charge is 0.329 e. The SMILES string of the molecule is Cc1cccc(CN(C)C2(CN)CCCC(C)(C)CC2)n1. The molecule has 1 saturated carbocycles. The molecule has 2 N–H and O–H groups in total. The lowest BCUT2D eigenvalue weighted by atomic mass is 9.83. The van der Waals surface area contributed by atoms with Gasteiger partial charge >= 0.3 is 0 Å². The van der Waals surface area contributed by atoms with Crippen molar-refractivity contribution in [2.24, 2.45) is 11.1 Å². The minimum Gasteiger partial charge on any atom is -0.329 e. The van der Waals surface area contributed by atoms with Gasteiger partial charge in [-0.1, -0.05) is 26.3 Å². The zero-order valence-corrected chi connectivity index (χ0v) is 14.2. The molecule has 3 heteroatoms. The lowest BCUT2D eigenvalue weighted by Crippen LogP contribution is -2.51. The van der Waals surface area contributed by atoms with E-state index >= 15 is 0 Å². The summed E-state index contributed by atoms with van der Waals surface area (Å²) in [6.07, 6.45) is 6.24. The third-order valence-electron chi connectivity index (χ3n) is 5.30. The van der Waals surface area contributed by atoms with Crippen LogP contribution in [-0.2, 0) is 6.54 Å². The topological polar surface area (TPSA) is 42.1 Å². The zero-order valence-electron chi connectivity index (χ0n) is 14.2. The van der Waals surface area contributed by atoms with Gasteiger partial charge in [0.05, 0.1) is 5.69 Å². The van der Waals surface area contributed by atoms with E-state index in [0.717, 1.165) is 24.5 Å². The highest BCUT2D eigenvalue weighted by atomic mass is 15.2. The maximum absolute atomic E-state index is 6.22. The molecule has 1 aliphatic carbocycles. The van der Waals surface area contributed by atoms with Gasteiger partial charge in [0, 0.05) is 24.3 Å². The van der Waals surface area contributed by atoms with Crippen molar-refractivity contribution in [1.29, 1.82) is 0 Å². The number of hydrogen-bond donors (Lipinski definition) is 1. The van der Waals surface area contributed by atoms with E-state index < -0.39 is 0 Å². The van der Waals surface area contributed by atoms with Gasteiger partial charge in [0.15, 0.2) is 0 Å². The van der Waals surface area contributed by atoms with Crippen molar-refractivity contribution in [3.63, 3.8) is 0 Å². The van der Waals surface area contributed by atoms with Crippen molar-refractivity contribution in [3.05, 3.63) is 29.6 Å². The Hall–Kier alpha value is -0.930. The standard InChI is InChI=1S/C18H31N3/c1-15-7-5-8-16(20-15)13-21(4)18(14-19)10-6-9-17(2,3)11-12-18/h5,7-8H,6,9-14,19H2,1-4H3. The lowest BCUT2D eigenvalue weighted by Gasteiger charge is -2.41. The van der Waals surface area contributed by atoms with Crippen molar-refractivity contribution >= 4 is 0 Å². The van der Waals surface area contributed by atoms with Gasteiger partial charge in [-0.3, -0.25) is 9.88 Å². The van der Waals surface area contributed by atoms with E-state index in [9.17, 15) is 0 Å². The second-order valence-electron chi connectivity index (χ2n) is 7.57. The van der Waals surface area contributed by atoms with E-state index in [2.05, 4.69) is 55.9 Å². The van der Waals surface area contributed by atoms with Crippen molar-refractivity contribution < 1.29 is 0 Å². The molecule has 0 saturated heterocycles. The smallest absolute Gasteiger partial charge is 0.0547 e. The number of rotatable bonds is 4. The van der Waals surface area contributed by atoms with Crippen LogP contribution in [0.3, 0.4) is 0 Å². The Morgan fingerprint density at radius 1 is 1.19 bits per heavy atom. The van der Waals surface area contributed by atoms with Crippen LogP contribution in [0.5, 0.6) is 0 Å². The van der Waals surface area contributed by atoms with Gasteiger partial charge in [-0.15, -0.1) is 0 Å². The van der Waals surface area contributed by atoms with Gasteiger partial charge in [0.25, 0.3) is 0 Å². The first-order valence-electron chi connectivity index (χ1n) is 8.21. The number of aromatic nitrogens is 1. The highest BCUT2D eigenvalue weighted by molar-refractivity contribution is 5.10. The normalized spacial score (nSPS) is 25.8. The van der Waals surface area contributed by atoms with Crippen molar-refractivity contribution in [1.82, 2.24) is 9.88 Å². The van der Waals surface area contributed by atoms with Crippen LogP contribution in [-0.4, -0.2) is 29.0 Å². The Bertz CT molecular complexity index is 469. The summed E-state index contributed by atoms with van der Waals surface area (Å²) in [6.45, 7) is 8.46. The zero-order chi connectivity index (χ0) is 15.5. The van der Waals surface area contributed by atoms with E-state index in [1.54, 1.807) is 0 Å². The predicted molar refractivity (Wildman–Crippen MR) is 89.1 cm³/mol. The van der Waals surface area contributed by atoms with Crippen LogP contribution < -0.4 is 5.73 Å². The Kier molecular flexibility index (Phi) is 5.05. The minimum absolute atomic E-state index is 0.138. The first-order valence-corrected chi connectivity index (χ1v) is 8.21. The molecule has 21 heavy (non-hydrogen) atoms. The van der Waals surface area contributed by atoms with Gasteiger partial charge in [-0.2, -0.15) is 0 Å². The molecule has 0 radical (unpaired) electrons. The molecular formula is C18H31N3. The van der Waals surface area contributed by atoms with Gasteiger partial charge in [0.1, 0.15) is 0 Å². The predicted octanol–water partition coefficient (Wildman–Crippen LogP) is 3.51. The fraction of sp³-hybridized carbons (Fsp3) is 0.722. The Balaban J connectivity index is 2.12. The van der Waals surface area contributed by atoms with E-state index in [1.807, 2.05) is 0 Å². The number of nitrogens with zero attached hydrogens (tertiary/aromatic N) is 2. The maximum Gasteiger partial charge on any atom is 0.0547 e. The van der Waals surface area contributed by atoms with Crippen molar-refractivity contribution in [3.8, 4) is 0 Å². The summed E-state index contributed by atoms with van der Waals surface area (Å²) in [5.41, 5.74) is 9.05. The van der Waals surface area contributed by atoms with Gasteiger partial charge in [-0.05, 0) is 57.2 Å². The van der Waals surface area contributed by atoms with Crippen LogP contribution in [0.15, 0.2) is 18.2 Å². The molecule has 1 fully saturated rings. The Morgan fingerprint density at radius 3 is 2.62 bits per heavy atom. The van der Waals surface area contributed by atoms with Crippen LogP contribution in [0.2, 0.25) is 0 Å². The molecule has 1 aliphatic rings. The summed E-state index contributed by atoms with van der Waals surface area (Å²) >= 11 is 0. The molecule has 0 bridgehead atoms. The molecule has 2 rings (SSSR count). The molecule has 1 unspecified atom stereocenters. The number of hydrogen-bond acceptors (Lipinski definition) is 3. The average Bonchev–Trinajstić information content (AvgIpc) is 2.58. The third-order valence-corrected chi connectivity index (χ3v) is 5.30. The molecule has 0 spiro atoms. The molecular weight excluding hydrogens is 258 g/mol. The molecule has 0 amide bonds. The monoisotopic (exact) mass is 289 g/mol. The lowest BCUT2D eigenvalue weighted by molar-refractivity contribution is 0.0948. The molecule has 0 aliphatic heterocycles. The highest BCUT2D eigenvalue weighted by Crippen LogP contribution is 2.40. The number of likely N-dealkylation sites (N-methyl/N-ethyl adjacent to an activating group) is 1. The van der Waals surface area contributed by atoms with Gasteiger partial charge < -0.3 is 5.73 Å². The van der Waals surface area contributed by atoms with E-state index in [1.165, 1.54) is 32.1 Å². The molecule has 1 aromatic heterocycles. The van der Waals surface area contributed by atoms with Crippen LogP contribution in [0.25, 0.3) is 0 Å². The van der Waals surface area contributed by atoms with Crippen LogP contribution in [0.1, 0.15) is 57.3 Å².